The largest absolute Gasteiger partial charge is 0.496 e. The third kappa shape index (κ3) is 5.88. The van der Waals surface area contributed by atoms with Crippen LogP contribution in [0.25, 0.3) is 11.6 Å². The Labute approximate surface area is 160 Å². The van der Waals surface area contributed by atoms with Gasteiger partial charge in [-0.25, -0.2) is 9.59 Å². The van der Waals surface area contributed by atoms with Gasteiger partial charge >= 0.3 is 12.1 Å². The zero-order valence-corrected chi connectivity index (χ0v) is 16.6. The maximum Gasteiger partial charge on any atom is 0.410 e. The highest BCUT2D eigenvalue weighted by atomic mass is 16.6. The Morgan fingerprint density at radius 2 is 1.93 bits per heavy atom. The lowest BCUT2D eigenvalue weighted by Gasteiger charge is -2.30. The van der Waals surface area contributed by atoms with Gasteiger partial charge in [0.1, 0.15) is 11.4 Å². The number of amides is 1. The summed E-state index contributed by atoms with van der Waals surface area (Å²) in [5.74, 6) is 0.314. The summed E-state index contributed by atoms with van der Waals surface area (Å²) in [4.78, 5) is 25.1. The number of hydrogen-bond donors (Lipinski definition) is 0. The Balaban J connectivity index is 2.13. The minimum Gasteiger partial charge on any atom is -0.496 e. The van der Waals surface area contributed by atoms with Crippen molar-refractivity contribution < 1.29 is 23.8 Å². The lowest BCUT2D eigenvalue weighted by molar-refractivity contribution is -0.134. The third-order valence-corrected chi connectivity index (χ3v) is 4.05. The Morgan fingerprint density at radius 3 is 2.48 bits per heavy atom. The van der Waals surface area contributed by atoms with E-state index in [0.717, 1.165) is 22.4 Å². The molecular weight excluding hydrogens is 346 g/mol. The number of benzene rings is 1. The van der Waals surface area contributed by atoms with Crippen molar-refractivity contribution in [1.82, 2.24) is 4.90 Å². The van der Waals surface area contributed by atoms with Gasteiger partial charge in [0.25, 0.3) is 0 Å². The maximum absolute atomic E-state index is 12.2. The summed E-state index contributed by atoms with van der Waals surface area (Å²) >= 11 is 0. The molecule has 2 rings (SSSR count). The average Bonchev–Trinajstić information content (AvgIpc) is 2.64. The minimum atomic E-state index is -0.502. The fraction of sp³-hybridized carbons (Fsp3) is 0.429. The maximum atomic E-state index is 12.2. The molecule has 6 heteroatoms. The summed E-state index contributed by atoms with van der Waals surface area (Å²) in [5, 5.41) is 0. The van der Waals surface area contributed by atoms with Gasteiger partial charge in [0.05, 0.1) is 14.2 Å². The number of hydrogen-bond acceptors (Lipinski definition) is 5. The van der Waals surface area contributed by atoms with Crippen LogP contribution in [0, 0.1) is 0 Å². The molecule has 0 saturated carbocycles. The number of rotatable bonds is 4. The topological polar surface area (TPSA) is 65.1 Å². The van der Waals surface area contributed by atoms with E-state index in [2.05, 4.69) is 4.74 Å². The van der Waals surface area contributed by atoms with Gasteiger partial charge in [-0.3, -0.25) is 0 Å². The quantitative estimate of drug-likeness (QED) is 0.591. The molecule has 1 heterocycles. The molecule has 0 fully saturated rings. The van der Waals surface area contributed by atoms with Crippen LogP contribution in [0.5, 0.6) is 5.75 Å². The zero-order chi connectivity index (χ0) is 20.0. The summed E-state index contributed by atoms with van der Waals surface area (Å²) < 4.78 is 15.5. The number of nitrogens with zero attached hydrogens (tertiary/aromatic N) is 1. The molecule has 0 radical (unpaired) electrons. The van der Waals surface area contributed by atoms with Crippen molar-refractivity contribution in [3.8, 4) is 5.75 Å². The van der Waals surface area contributed by atoms with Crippen LogP contribution in [0.2, 0.25) is 0 Å². The van der Waals surface area contributed by atoms with E-state index in [1.807, 2.05) is 45.0 Å². The molecule has 146 valence electrons. The van der Waals surface area contributed by atoms with Crippen molar-refractivity contribution in [1.29, 1.82) is 0 Å². The van der Waals surface area contributed by atoms with Gasteiger partial charge in [0.15, 0.2) is 0 Å². The fourth-order valence-electron chi connectivity index (χ4n) is 2.72. The molecule has 0 aliphatic carbocycles. The molecule has 1 aromatic rings. The summed E-state index contributed by atoms with van der Waals surface area (Å²) in [6.45, 7) is 6.66. The second kappa shape index (κ2) is 8.75. The van der Waals surface area contributed by atoms with Crippen LogP contribution in [0.3, 0.4) is 0 Å². The predicted molar refractivity (Wildman–Crippen MR) is 104 cm³/mol. The Morgan fingerprint density at radius 1 is 1.19 bits per heavy atom. The van der Waals surface area contributed by atoms with Crippen molar-refractivity contribution in [2.45, 2.75) is 32.8 Å². The van der Waals surface area contributed by atoms with E-state index in [1.54, 1.807) is 18.1 Å². The molecule has 0 atom stereocenters. The van der Waals surface area contributed by atoms with E-state index >= 15 is 0 Å². The van der Waals surface area contributed by atoms with Crippen molar-refractivity contribution >= 4 is 23.7 Å². The first-order valence-electron chi connectivity index (χ1n) is 8.85. The Kier molecular flexibility index (Phi) is 6.66. The summed E-state index contributed by atoms with van der Waals surface area (Å²) in [6, 6.07) is 5.75. The number of esters is 1. The van der Waals surface area contributed by atoms with Crippen LogP contribution < -0.4 is 4.74 Å². The minimum absolute atomic E-state index is 0.298. The van der Waals surface area contributed by atoms with Crippen molar-refractivity contribution in [2.24, 2.45) is 0 Å². The Bertz CT molecular complexity index is 758. The molecule has 1 amide bonds. The number of carbonyl (C=O) groups excluding carboxylic acids is 2. The lowest BCUT2D eigenvalue weighted by Crippen LogP contribution is -2.39. The van der Waals surface area contributed by atoms with Gasteiger partial charge in [-0.05, 0) is 50.5 Å². The van der Waals surface area contributed by atoms with E-state index < -0.39 is 11.6 Å². The van der Waals surface area contributed by atoms with E-state index in [1.165, 1.54) is 13.2 Å². The molecular formula is C21H27NO5. The molecule has 0 unspecified atom stereocenters. The second-order valence-corrected chi connectivity index (χ2v) is 7.22. The lowest BCUT2D eigenvalue weighted by atomic mass is 9.97. The second-order valence-electron chi connectivity index (χ2n) is 7.22. The first-order chi connectivity index (χ1) is 12.7. The van der Waals surface area contributed by atoms with Gasteiger partial charge in [-0.15, -0.1) is 0 Å². The monoisotopic (exact) mass is 373 g/mol. The van der Waals surface area contributed by atoms with Crippen LogP contribution in [-0.2, 0) is 14.3 Å². The van der Waals surface area contributed by atoms with Crippen molar-refractivity contribution in [3.05, 3.63) is 41.5 Å². The highest BCUT2D eigenvalue weighted by Crippen LogP contribution is 2.31. The van der Waals surface area contributed by atoms with Gasteiger partial charge in [-0.2, -0.15) is 0 Å². The molecule has 1 aliphatic heterocycles. The summed E-state index contributed by atoms with van der Waals surface area (Å²) in [5.41, 5.74) is 2.44. The molecule has 0 spiro atoms. The third-order valence-electron chi connectivity index (χ3n) is 4.05. The summed E-state index contributed by atoms with van der Waals surface area (Å²) in [7, 11) is 2.95. The number of ether oxygens (including phenoxy) is 3. The molecule has 27 heavy (non-hydrogen) atoms. The normalized spacial score (nSPS) is 14.7. The molecule has 0 saturated heterocycles. The molecule has 6 nitrogen and oxygen atoms in total. The fourth-order valence-corrected chi connectivity index (χ4v) is 2.72. The first-order valence-corrected chi connectivity index (χ1v) is 8.85. The van der Waals surface area contributed by atoms with Crippen LogP contribution in [-0.4, -0.2) is 49.9 Å². The zero-order valence-electron chi connectivity index (χ0n) is 16.6. The highest BCUT2D eigenvalue weighted by Gasteiger charge is 2.24. The predicted octanol–water partition coefficient (Wildman–Crippen LogP) is 3.91. The highest BCUT2D eigenvalue weighted by molar-refractivity contribution is 5.87. The van der Waals surface area contributed by atoms with Crippen molar-refractivity contribution in [3.63, 3.8) is 0 Å². The van der Waals surface area contributed by atoms with Gasteiger partial charge in [-0.1, -0.05) is 18.2 Å². The smallest absolute Gasteiger partial charge is 0.410 e. The first kappa shape index (κ1) is 20.6. The molecule has 0 aromatic heterocycles. The number of methoxy groups -OCH3 is 2. The van der Waals surface area contributed by atoms with Crippen LogP contribution >= 0.6 is 0 Å². The van der Waals surface area contributed by atoms with Crippen molar-refractivity contribution in [2.75, 3.05) is 27.3 Å². The Hall–Kier alpha value is -2.76. The molecule has 0 N–H and O–H groups in total. The molecule has 1 aliphatic rings. The van der Waals surface area contributed by atoms with E-state index in [0.29, 0.717) is 19.5 Å². The molecule has 0 bridgehead atoms. The van der Waals surface area contributed by atoms with Crippen LogP contribution in [0.4, 0.5) is 4.79 Å². The SMILES string of the molecule is COC(=O)/C=C/c1ccc(C2=CCN(C(=O)OC(C)(C)C)CC2)c(OC)c1. The molecule has 1 aromatic carbocycles. The average molecular weight is 373 g/mol. The number of carbonyl (C=O) groups is 2. The van der Waals surface area contributed by atoms with Crippen LogP contribution in [0.15, 0.2) is 30.4 Å². The van der Waals surface area contributed by atoms with Gasteiger partial charge < -0.3 is 19.1 Å². The summed E-state index contributed by atoms with van der Waals surface area (Å²) in [6.07, 6.45) is 5.49. The van der Waals surface area contributed by atoms with E-state index in [-0.39, 0.29) is 6.09 Å². The van der Waals surface area contributed by atoms with Crippen LogP contribution in [0.1, 0.15) is 38.3 Å². The van der Waals surface area contributed by atoms with Gasteiger partial charge in [0, 0.05) is 24.7 Å². The van der Waals surface area contributed by atoms with E-state index in [9.17, 15) is 9.59 Å². The van der Waals surface area contributed by atoms with E-state index in [4.69, 9.17) is 9.47 Å². The van der Waals surface area contributed by atoms with Gasteiger partial charge in [0.2, 0.25) is 0 Å². The standard InChI is InChI=1S/C21H27NO5/c1-21(2,3)27-20(24)22-12-10-16(11-13-22)17-8-6-15(14-18(17)25-4)7-9-19(23)26-5/h6-10,14H,11-13H2,1-5H3/b9-7+.